The third-order valence-electron chi connectivity index (χ3n) is 6.26. The van der Waals surface area contributed by atoms with Crippen molar-refractivity contribution in [3.05, 3.63) is 18.2 Å². The Labute approximate surface area is 175 Å². The molecule has 2 fully saturated rings. The number of benzene rings is 1. The van der Waals surface area contributed by atoms with Crippen LogP contribution in [0.1, 0.15) is 65.2 Å². The van der Waals surface area contributed by atoms with Gasteiger partial charge in [0.05, 0.1) is 16.3 Å². The highest BCUT2D eigenvalue weighted by atomic mass is 32.2. The molecule has 0 spiro atoms. The average Bonchev–Trinajstić information content (AvgIpc) is 2.76. The molecule has 0 bridgehead atoms. The molecule has 0 aromatic heterocycles. The first-order valence-corrected chi connectivity index (χ1v) is 12.6. The van der Waals surface area contributed by atoms with E-state index in [0.29, 0.717) is 18.8 Å². The third-order valence-corrected chi connectivity index (χ3v) is 8.15. The zero-order valence-electron chi connectivity index (χ0n) is 17.8. The molecule has 0 atom stereocenters. The smallest absolute Gasteiger partial charge is 0.243 e. The number of sulfonamides is 1. The van der Waals surface area contributed by atoms with Crippen molar-refractivity contribution in [3.8, 4) is 0 Å². The van der Waals surface area contributed by atoms with Crippen LogP contribution in [-0.2, 0) is 14.8 Å². The van der Waals surface area contributed by atoms with Gasteiger partial charge in [-0.15, -0.1) is 0 Å². The van der Waals surface area contributed by atoms with Crippen molar-refractivity contribution >= 4 is 27.3 Å². The van der Waals surface area contributed by atoms with Crippen molar-refractivity contribution in [2.75, 3.05) is 36.4 Å². The van der Waals surface area contributed by atoms with Crippen molar-refractivity contribution in [2.45, 2.75) is 70.1 Å². The fourth-order valence-electron chi connectivity index (χ4n) is 4.47. The number of rotatable bonds is 7. The third kappa shape index (κ3) is 5.12. The summed E-state index contributed by atoms with van der Waals surface area (Å²) in [6, 6.07) is 5.20. The molecule has 1 aliphatic heterocycles. The maximum atomic E-state index is 13.1. The molecule has 6 nitrogen and oxygen atoms in total. The molecule has 7 heteroatoms. The van der Waals surface area contributed by atoms with Gasteiger partial charge in [-0.1, -0.05) is 25.7 Å². The highest BCUT2D eigenvalue weighted by Crippen LogP contribution is 2.32. The van der Waals surface area contributed by atoms with Crippen LogP contribution in [0.25, 0.3) is 0 Å². The first kappa shape index (κ1) is 22.1. The standard InChI is InChI=1S/C22H35N3O3S/c1-3-24(4-2)21-14-13-19(29(27,28)25-15-9-6-10-16-25)17-20(21)23-22(26)18-11-7-5-8-12-18/h13-14,17-18H,3-12,15-16H2,1-2H3,(H,23,26). The summed E-state index contributed by atoms with van der Waals surface area (Å²) in [6.07, 6.45) is 8.09. The second-order valence-electron chi connectivity index (χ2n) is 8.14. The van der Waals surface area contributed by atoms with Crippen molar-refractivity contribution in [1.29, 1.82) is 0 Å². The molecule has 0 unspecified atom stereocenters. The Morgan fingerprint density at radius 3 is 2.28 bits per heavy atom. The molecule has 2 aliphatic rings. The zero-order chi connectivity index (χ0) is 20.9. The average molecular weight is 422 g/mol. The Morgan fingerprint density at radius 1 is 1.03 bits per heavy atom. The minimum absolute atomic E-state index is 0.0191. The van der Waals surface area contributed by atoms with Crippen LogP contribution >= 0.6 is 0 Å². The first-order valence-electron chi connectivity index (χ1n) is 11.2. The van der Waals surface area contributed by atoms with Crippen molar-refractivity contribution in [2.24, 2.45) is 5.92 Å². The number of carbonyl (C=O) groups is 1. The van der Waals surface area contributed by atoms with E-state index in [9.17, 15) is 13.2 Å². The minimum atomic E-state index is -3.54. The van der Waals surface area contributed by atoms with Gasteiger partial charge in [-0.05, 0) is 57.7 Å². The topological polar surface area (TPSA) is 69.7 Å². The number of anilines is 2. The predicted molar refractivity (Wildman–Crippen MR) is 118 cm³/mol. The Bertz CT molecular complexity index is 794. The molecule has 0 radical (unpaired) electrons. The normalized spacial score (nSPS) is 19.1. The quantitative estimate of drug-likeness (QED) is 0.715. The van der Waals surface area contributed by atoms with Crippen LogP contribution in [-0.4, -0.2) is 44.8 Å². The maximum absolute atomic E-state index is 13.1. The Morgan fingerprint density at radius 2 is 1.66 bits per heavy atom. The SMILES string of the molecule is CCN(CC)c1ccc(S(=O)(=O)N2CCCCC2)cc1NC(=O)C1CCCCC1. The summed E-state index contributed by atoms with van der Waals surface area (Å²) in [5, 5.41) is 3.08. The Kier molecular flexibility index (Phi) is 7.57. The summed E-state index contributed by atoms with van der Waals surface area (Å²) in [4.78, 5) is 15.3. The molecule has 29 heavy (non-hydrogen) atoms. The molecule has 1 N–H and O–H groups in total. The van der Waals surface area contributed by atoms with Crippen molar-refractivity contribution in [3.63, 3.8) is 0 Å². The van der Waals surface area contributed by atoms with E-state index in [1.54, 1.807) is 16.4 Å². The van der Waals surface area contributed by atoms with Gasteiger partial charge < -0.3 is 10.2 Å². The summed E-state index contributed by atoms with van der Waals surface area (Å²) in [5.41, 5.74) is 1.50. The molecule has 1 aromatic carbocycles. The van der Waals surface area contributed by atoms with Gasteiger partial charge in [0.15, 0.2) is 0 Å². The number of amides is 1. The van der Waals surface area contributed by atoms with Crippen LogP contribution in [0.4, 0.5) is 11.4 Å². The summed E-state index contributed by atoms with van der Waals surface area (Å²) >= 11 is 0. The fraction of sp³-hybridized carbons (Fsp3) is 0.682. The van der Waals surface area contributed by atoms with Crippen LogP contribution < -0.4 is 10.2 Å². The monoisotopic (exact) mass is 421 g/mol. The van der Waals surface area contributed by atoms with Gasteiger partial charge in [0.1, 0.15) is 0 Å². The van der Waals surface area contributed by atoms with Crippen LogP contribution in [0.5, 0.6) is 0 Å². The van der Waals surface area contributed by atoms with Crippen molar-refractivity contribution in [1.82, 2.24) is 4.31 Å². The number of hydrogen-bond donors (Lipinski definition) is 1. The molecule has 162 valence electrons. The second-order valence-corrected chi connectivity index (χ2v) is 10.1. The Hall–Kier alpha value is -1.60. The van der Waals surface area contributed by atoms with Crippen LogP contribution in [0.15, 0.2) is 23.1 Å². The first-order chi connectivity index (χ1) is 14.0. The predicted octanol–water partition coefficient (Wildman–Crippen LogP) is 4.23. The summed E-state index contributed by atoms with van der Waals surface area (Å²) in [5.74, 6) is 0.0429. The fourth-order valence-corrected chi connectivity index (χ4v) is 6.01. The van der Waals surface area contributed by atoms with E-state index in [-0.39, 0.29) is 16.7 Å². The molecular formula is C22H35N3O3S. The molecule has 1 aliphatic carbocycles. The number of nitrogens with one attached hydrogen (secondary N) is 1. The lowest BCUT2D eigenvalue weighted by atomic mass is 9.88. The summed E-state index contributed by atoms with van der Waals surface area (Å²) in [7, 11) is -3.54. The molecular weight excluding hydrogens is 386 g/mol. The van der Waals surface area contributed by atoms with E-state index in [1.165, 1.54) is 6.42 Å². The van der Waals surface area contributed by atoms with Crippen LogP contribution in [0.2, 0.25) is 0 Å². The lowest BCUT2D eigenvalue weighted by molar-refractivity contribution is -0.120. The van der Waals surface area contributed by atoms with Gasteiger partial charge in [0.25, 0.3) is 0 Å². The molecule has 1 saturated heterocycles. The van der Waals surface area contributed by atoms with Gasteiger partial charge in [0.2, 0.25) is 15.9 Å². The number of hydrogen-bond acceptors (Lipinski definition) is 4. The molecule has 1 heterocycles. The molecule has 1 saturated carbocycles. The van der Waals surface area contributed by atoms with Gasteiger partial charge in [-0.3, -0.25) is 4.79 Å². The second kappa shape index (κ2) is 9.94. The number of piperidine rings is 1. The molecule has 3 rings (SSSR count). The van der Waals surface area contributed by atoms with Crippen LogP contribution in [0.3, 0.4) is 0 Å². The van der Waals surface area contributed by atoms with Gasteiger partial charge in [0, 0.05) is 32.1 Å². The van der Waals surface area contributed by atoms with E-state index >= 15 is 0 Å². The molecule has 1 aromatic rings. The van der Waals surface area contributed by atoms with E-state index in [4.69, 9.17) is 0 Å². The summed E-state index contributed by atoms with van der Waals surface area (Å²) < 4.78 is 27.9. The Balaban J connectivity index is 1.91. The van der Waals surface area contributed by atoms with Gasteiger partial charge in [-0.25, -0.2) is 8.42 Å². The van der Waals surface area contributed by atoms with E-state index in [1.807, 2.05) is 6.07 Å². The maximum Gasteiger partial charge on any atom is 0.243 e. The van der Waals surface area contributed by atoms with Gasteiger partial charge in [-0.2, -0.15) is 4.31 Å². The lowest BCUT2D eigenvalue weighted by Gasteiger charge is -2.28. The summed E-state index contributed by atoms with van der Waals surface area (Å²) in [6.45, 7) is 6.86. The lowest BCUT2D eigenvalue weighted by Crippen LogP contribution is -2.35. The van der Waals surface area contributed by atoms with Crippen molar-refractivity contribution < 1.29 is 13.2 Å². The van der Waals surface area contributed by atoms with Crippen LogP contribution in [0, 0.1) is 5.92 Å². The van der Waals surface area contributed by atoms with E-state index < -0.39 is 10.0 Å². The number of carbonyl (C=O) groups excluding carboxylic acids is 1. The highest BCUT2D eigenvalue weighted by Gasteiger charge is 2.28. The zero-order valence-corrected chi connectivity index (χ0v) is 18.6. The minimum Gasteiger partial charge on any atom is -0.370 e. The largest absolute Gasteiger partial charge is 0.370 e. The highest BCUT2D eigenvalue weighted by molar-refractivity contribution is 7.89. The van der Waals surface area contributed by atoms with Gasteiger partial charge >= 0.3 is 0 Å². The molecule has 1 amide bonds. The van der Waals surface area contributed by atoms with E-state index in [0.717, 1.165) is 63.7 Å². The number of nitrogens with zero attached hydrogens (tertiary/aromatic N) is 2. The van der Waals surface area contributed by atoms with E-state index in [2.05, 4.69) is 24.1 Å².